The van der Waals surface area contributed by atoms with Crippen LogP contribution >= 0.6 is 0 Å². The highest BCUT2D eigenvalue weighted by Crippen LogP contribution is 2.18. The van der Waals surface area contributed by atoms with Crippen molar-refractivity contribution in [1.29, 1.82) is 0 Å². The number of hydrogen-bond acceptors (Lipinski definition) is 3. The number of likely N-dealkylation sites (N-methyl/N-ethyl adjacent to an activating group) is 1. The van der Waals surface area contributed by atoms with Crippen LogP contribution in [0.15, 0.2) is 29.2 Å². The van der Waals surface area contributed by atoms with Crippen LogP contribution in [0.4, 0.5) is 0 Å². The largest absolute Gasteiger partial charge is 0.395 e. The lowest BCUT2D eigenvalue weighted by atomic mass is 10.2. The minimum atomic E-state index is -3.51. The summed E-state index contributed by atoms with van der Waals surface area (Å²) in [6.45, 7) is 13.5. The lowest BCUT2D eigenvalue weighted by Crippen LogP contribution is -2.40. The first-order valence-corrected chi connectivity index (χ1v) is 9.06. The van der Waals surface area contributed by atoms with Gasteiger partial charge >= 0.3 is 0 Å². The van der Waals surface area contributed by atoms with Crippen LogP contribution in [-0.4, -0.2) is 37.0 Å². The van der Waals surface area contributed by atoms with Crippen LogP contribution in [0.5, 0.6) is 0 Å². The Kier molecular flexibility index (Phi) is 12.5. The van der Waals surface area contributed by atoms with E-state index in [9.17, 15) is 8.42 Å². The minimum Gasteiger partial charge on any atom is -0.395 e. The summed E-state index contributed by atoms with van der Waals surface area (Å²) in [6.07, 6.45) is 0. The van der Waals surface area contributed by atoms with Gasteiger partial charge in [0.25, 0.3) is 0 Å². The number of aliphatic hydroxyl groups excluding tert-OH is 1. The monoisotopic (exact) mass is 317 g/mol. The Morgan fingerprint density at radius 1 is 1.10 bits per heavy atom. The van der Waals surface area contributed by atoms with Gasteiger partial charge in [0.1, 0.15) is 0 Å². The van der Waals surface area contributed by atoms with Crippen molar-refractivity contribution >= 4 is 10.0 Å². The Balaban J connectivity index is 0. The Hall–Kier alpha value is -0.910. The average Bonchev–Trinajstić information content (AvgIpc) is 2.52. The molecule has 0 aliphatic rings. The van der Waals surface area contributed by atoms with E-state index < -0.39 is 16.1 Å². The van der Waals surface area contributed by atoms with Crippen LogP contribution in [0, 0.1) is 6.92 Å². The molecular formula is C16H31NO3S. The lowest BCUT2D eigenvalue weighted by molar-refractivity contribution is 0.202. The summed E-state index contributed by atoms with van der Waals surface area (Å²) in [5.74, 6) is 0. The molecule has 21 heavy (non-hydrogen) atoms. The van der Waals surface area contributed by atoms with Gasteiger partial charge in [-0.15, -0.1) is 0 Å². The molecule has 0 spiro atoms. The second kappa shape index (κ2) is 11.7. The molecule has 0 aliphatic carbocycles. The molecular weight excluding hydrogens is 286 g/mol. The summed E-state index contributed by atoms with van der Waals surface area (Å²) in [5.41, 5.74) is 1.02. The van der Waals surface area contributed by atoms with E-state index in [-0.39, 0.29) is 11.5 Å². The van der Waals surface area contributed by atoms with Crippen molar-refractivity contribution in [2.75, 3.05) is 13.2 Å². The van der Waals surface area contributed by atoms with Gasteiger partial charge in [0, 0.05) is 12.6 Å². The van der Waals surface area contributed by atoms with Gasteiger partial charge in [-0.05, 0) is 26.0 Å². The molecule has 1 rings (SSSR count). The zero-order valence-electron chi connectivity index (χ0n) is 14.4. The number of rotatable bonds is 5. The smallest absolute Gasteiger partial charge is 0.243 e. The van der Waals surface area contributed by atoms with Gasteiger partial charge in [0.2, 0.25) is 10.0 Å². The first-order valence-electron chi connectivity index (χ1n) is 7.62. The van der Waals surface area contributed by atoms with Gasteiger partial charge in [-0.25, -0.2) is 8.42 Å². The van der Waals surface area contributed by atoms with Crippen molar-refractivity contribution in [2.24, 2.45) is 0 Å². The maximum atomic E-state index is 12.3. The van der Waals surface area contributed by atoms with Crippen molar-refractivity contribution in [2.45, 2.75) is 59.4 Å². The van der Waals surface area contributed by atoms with Crippen LogP contribution < -0.4 is 0 Å². The maximum Gasteiger partial charge on any atom is 0.243 e. The van der Waals surface area contributed by atoms with Crippen molar-refractivity contribution in [3.63, 3.8) is 0 Å². The highest BCUT2D eigenvalue weighted by Gasteiger charge is 2.26. The Morgan fingerprint density at radius 3 is 1.86 bits per heavy atom. The summed E-state index contributed by atoms with van der Waals surface area (Å²) < 4.78 is 25.9. The van der Waals surface area contributed by atoms with Gasteiger partial charge in [-0.1, -0.05) is 52.3 Å². The summed E-state index contributed by atoms with van der Waals surface area (Å²) in [4.78, 5) is 0.269. The molecule has 0 aliphatic heterocycles. The van der Waals surface area contributed by atoms with Gasteiger partial charge in [-0.2, -0.15) is 4.31 Å². The van der Waals surface area contributed by atoms with Crippen LogP contribution in [-0.2, 0) is 10.0 Å². The fourth-order valence-corrected chi connectivity index (χ4v) is 3.29. The van der Waals surface area contributed by atoms with Crippen molar-refractivity contribution in [1.82, 2.24) is 4.31 Å². The fourth-order valence-electron chi connectivity index (χ4n) is 1.66. The molecule has 0 bridgehead atoms. The van der Waals surface area contributed by atoms with Gasteiger partial charge in [-0.3, -0.25) is 0 Å². The van der Waals surface area contributed by atoms with E-state index in [0.717, 1.165) is 5.56 Å². The van der Waals surface area contributed by atoms with Crippen LogP contribution in [0.2, 0.25) is 0 Å². The Bertz CT molecular complexity index is 455. The molecule has 0 aromatic heterocycles. The average molecular weight is 317 g/mol. The van der Waals surface area contributed by atoms with E-state index in [2.05, 4.69) is 0 Å². The summed E-state index contributed by atoms with van der Waals surface area (Å²) in [7, 11) is -3.51. The zero-order chi connectivity index (χ0) is 17.1. The SMILES string of the molecule is CC.CC.CCN(C(C)CO)S(=O)(=O)c1ccc(C)cc1. The Labute approximate surface area is 130 Å². The molecule has 1 aromatic rings. The van der Waals surface area contributed by atoms with E-state index in [4.69, 9.17) is 5.11 Å². The number of benzene rings is 1. The number of aryl methyl sites for hydroxylation is 1. The van der Waals surface area contributed by atoms with Crippen molar-refractivity contribution < 1.29 is 13.5 Å². The Morgan fingerprint density at radius 2 is 1.52 bits per heavy atom. The molecule has 1 unspecified atom stereocenters. The maximum absolute atomic E-state index is 12.3. The number of hydrogen-bond donors (Lipinski definition) is 1. The molecule has 124 valence electrons. The predicted octanol–water partition coefficient (Wildman–Crippen LogP) is 3.44. The zero-order valence-corrected chi connectivity index (χ0v) is 15.2. The minimum absolute atomic E-state index is 0.182. The molecule has 0 saturated heterocycles. The molecule has 4 nitrogen and oxygen atoms in total. The van der Waals surface area contributed by atoms with Gasteiger partial charge in [0.15, 0.2) is 0 Å². The van der Waals surface area contributed by atoms with E-state index in [1.807, 2.05) is 34.6 Å². The van der Waals surface area contributed by atoms with Crippen LogP contribution in [0.25, 0.3) is 0 Å². The summed E-state index contributed by atoms with van der Waals surface area (Å²) in [6, 6.07) is 6.31. The number of sulfonamides is 1. The molecule has 0 saturated carbocycles. The summed E-state index contributed by atoms with van der Waals surface area (Å²) >= 11 is 0. The molecule has 0 radical (unpaired) electrons. The molecule has 0 heterocycles. The first kappa shape index (κ1) is 22.4. The first-order chi connectivity index (χ1) is 9.93. The highest BCUT2D eigenvalue weighted by molar-refractivity contribution is 7.89. The van der Waals surface area contributed by atoms with Crippen LogP contribution in [0.1, 0.15) is 47.1 Å². The van der Waals surface area contributed by atoms with Crippen molar-refractivity contribution in [3.05, 3.63) is 29.8 Å². The molecule has 5 heteroatoms. The highest BCUT2D eigenvalue weighted by atomic mass is 32.2. The standard InChI is InChI=1S/C12H19NO3S.2C2H6/c1-4-13(11(3)9-14)17(15,16)12-7-5-10(2)6-8-12;2*1-2/h5-8,11,14H,4,9H2,1-3H3;2*1-2H3. The second-order valence-electron chi connectivity index (χ2n) is 4.05. The molecule has 0 amide bonds. The third kappa shape index (κ3) is 6.59. The molecule has 0 fully saturated rings. The molecule has 1 N–H and O–H groups in total. The third-order valence-corrected chi connectivity index (χ3v) is 4.80. The lowest BCUT2D eigenvalue weighted by Gasteiger charge is -2.25. The quantitative estimate of drug-likeness (QED) is 0.905. The fraction of sp³-hybridized carbons (Fsp3) is 0.625. The summed E-state index contributed by atoms with van der Waals surface area (Å²) in [5, 5.41) is 9.08. The number of aliphatic hydroxyl groups is 1. The van der Waals surface area contributed by atoms with E-state index >= 15 is 0 Å². The normalized spacial score (nSPS) is 11.9. The topological polar surface area (TPSA) is 57.6 Å². The van der Waals surface area contributed by atoms with E-state index in [0.29, 0.717) is 6.54 Å². The van der Waals surface area contributed by atoms with Gasteiger partial charge < -0.3 is 5.11 Å². The van der Waals surface area contributed by atoms with Crippen molar-refractivity contribution in [3.8, 4) is 0 Å². The second-order valence-corrected chi connectivity index (χ2v) is 5.94. The van der Waals surface area contributed by atoms with E-state index in [1.165, 1.54) is 4.31 Å². The third-order valence-electron chi connectivity index (χ3n) is 2.70. The van der Waals surface area contributed by atoms with E-state index in [1.54, 1.807) is 38.1 Å². The van der Waals surface area contributed by atoms with Gasteiger partial charge in [0.05, 0.1) is 11.5 Å². The molecule has 1 aromatic carbocycles. The molecule has 1 atom stereocenters. The number of nitrogens with zero attached hydrogens (tertiary/aromatic N) is 1. The van der Waals surface area contributed by atoms with Crippen LogP contribution in [0.3, 0.4) is 0 Å². The predicted molar refractivity (Wildman–Crippen MR) is 90.0 cm³/mol.